The van der Waals surface area contributed by atoms with Crippen LogP contribution in [-0.2, 0) is 11.3 Å². The lowest BCUT2D eigenvalue weighted by atomic mass is 10.2. The molecule has 26 heavy (non-hydrogen) atoms. The molecular weight excluding hydrogens is 349 g/mol. The van der Waals surface area contributed by atoms with Crippen molar-refractivity contribution in [2.45, 2.75) is 6.54 Å². The lowest BCUT2D eigenvalue weighted by Gasteiger charge is -2.18. The van der Waals surface area contributed by atoms with E-state index < -0.39 is 29.3 Å². The van der Waals surface area contributed by atoms with Gasteiger partial charge in [0.1, 0.15) is 11.6 Å². The molecule has 2 aromatic carbocycles. The molecule has 0 unspecified atom stereocenters. The highest BCUT2D eigenvalue weighted by Crippen LogP contribution is 2.18. The molecule has 5 nitrogen and oxygen atoms in total. The Kier molecular flexibility index (Phi) is 6.21. The lowest BCUT2D eigenvalue weighted by molar-refractivity contribution is -0.129. The Morgan fingerprint density at radius 2 is 1.81 bits per heavy atom. The summed E-state index contributed by atoms with van der Waals surface area (Å²) in [5.41, 5.74) is 0.175. The van der Waals surface area contributed by atoms with Crippen molar-refractivity contribution in [3.63, 3.8) is 0 Å². The minimum atomic E-state index is -1.02. The van der Waals surface area contributed by atoms with Crippen molar-refractivity contribution in [3.05, 3.63) is 65.0 Å². The summed E-state index contributed by atoms with van der Waals surface area (Å²) in [5.74, 6) is -3.57. The number of carbonyl (C=O) groups is 2. The monoisotopic (exact) mass is 366 g/mol. The minimum Gasteiger partial charge on any atom is -0.494 e. The van der Waals surface area contributed by atoms with Crippen LogP contribution < -0.4 is 10.1 Å². The second-order valence-corrected chi connectivity index (χ2v) is 5.53. The number of nitrogens with zero attached hydrogens (tertiary/aromatic N) is 1. The predicted molar refractivity (Wildman–Crippen MR) is 88.1 cm³/mol. The third-order valence-corrected chi connectivity index (χ3v) is 3.64. The number of nitrogens with one attached hydrogen (secondary N) is 1. The van der Waals surface area contributed by atoms with Gasteiger partial charge in [-0.15, -0.1) is 0 Å². The van der Waals surface area contributed by atoms with Crippen LogP contribution in [0.25, 0.3) is 0 Å². The molecule has 8 heteroatoms. The Morgan fingerprint density at radius 3 is 2.42 bits per heavy atom. The van der Waals surface area contributed by atoms with Gasteiger partial charge >= 0.3 is 0 Å². The smallest absolute Gasteiger partial charge is 0.254 e. The molecule has 0 aliphatic carbocycles. The molecule has 0 radical (unpaired) electrons. The number of rotatable bonds is 6. The van der Waals surface area contributed by atoms with Gasteiger partial charge in [0.25, 0.3) is 5.91 Å². The minimum absolute atomic E-state index is 0.0938. The molecular formula is C18H17F3N2O3. The molecule has 2 rings (SSSR count). The quantitative estimate of drug-likeness (QED) is 0.855. The van der Waals surface area contributed by atoms with Crippen molar-refractivity contribution in [2.24, 2.45) is 0 Å². The zero-order valence-electron chi connectivity index (χ0n) is 14.2. The van der Waals surface area contributed by atoms with Gasteiger partial charge in [0.15, 0.2) is 11.6 Å². The van der Waals surface area contributed by atoms with Gasteiger partial charge < -0.3 is 15.0 Å². The summed E-state index contributed by atoms with van der Waals surface area (Å²) < 4.78 is 44.9. The van der Waals surface area contributed by atoms with Gasteiger partial charge in [0, 0.05) is 19.7 Å². The van der Waals surface area contributed by atoms with E-state index in [0.29, 0.717) is 11.6 Å². The maximum Gasteiger partial charge on any atom is 0.254 e. The molecule has 0 aliphatic rings. The number of halogens is 3. The van der Waals surface area contributed by atoms with E-state index in [1.807, 2.05) is 0 Å². The number of amides is 2. The Balaban J connectivity index is 1.92. The highest BCUT2D eigenvalue weighted by atomic mass is 19.1. The Bertz CT molecular complexity index is 827. The number of methoxy groups -OCH3 is 1. The SMILES string of the molecule is COc1ccc(CN(C)C(=O)CNC(=O)c2ccc(F)cc2F)cc1F. The fourth-order valence-electron chi connectivity index (χ4n) is 2.23. The van der Waals surface area contributed by atoms with E-state index in [9.17, 15) is 22.8 Å². The van der Waals surface area contributed by atoms with Gasteiger partial charge in [-0.25, -0.2) is 13.2 Å². The maximum absolute atomic E-state index is 13.7. The van der Waals surface area contributed by atoms with E-state index in [0.717, 1.165) is 12.1 Å². The van der Waals surface area contributed by atoms with Gasteiger partial charge in [-0.1, -0.05) is 6.07 Å². The van der Waals surface area contributed by atoms with Crippen molar-refractivity contribution in [2.75, 3.05) is 20.7 Å². The first-order chi connectivity index (χ1) is 12.3. The third-order valence-electron chi connectivity index (χ3n) is 3.64. The van der Waals surface area contributed by atoms with Gasteiger partial charge in [0.05, 0.1) is 19.2 Å². The third kappa shape index (κ3) is 4.75. The molecule has 1 N–H and O–H groups in total. The van der Waals surface area contributed by atoms with Crippen LogP contribution in [-0.4, -0.2) is 37.4 Å². The molecule has 0 aliphatic heterocycles. The van der Waals surface area contributed by atoms with Gasteiger partial charge in [-0.3, -0.25) is 9.59 Å². The van der Waals surface area contributed by atoms with E-state index >= 15 is 0 Å². The standard InChI is InChI=1S/C18H17F3N2O3/c1-23(10-11-3-6-16(26-2)15(21)7-11)17(24)9-22-18(25)13-5-4-12(19)8-14(13)20/h3-8H,9-10H2,1-2H3,(H,22,25). The average Bonchev–Trinajstić information content (AvgIpc) is 2.59. The molecule has 0 atom stereocenters. The summed E-state index contributed by atoms with van der Waals surface area (Å²) in [5, 5.41) is 2.27. The van der Waals surface area contributed by atoms with Crippen LogP contribution in [0.2, 0.25) is 0 Å². The zero-order chi connectivity index (χ0) is 19.3. The van der Waals surface area contributed by atoms with Crippen LogP contribution in [0, 0.1) is 17.5 Å². The van der Waals surface area contributed by atoms with E-state index in [-0.39, 0.29) is 24.4 Å². The lowest BCUT2D eigenvalue weighted by Crippen LogP contribution is -2.38. The first-order valence-corrected chi connectivity index (χ1v) is 7.61. The van der Waals surface area contributed by atoms with Gasteiger partial charge in [0.2, 0.25) is 5.91 Å². The molecule has 0 saturated carbocycles. The molecule has 0 aromatic heterocycles. The van der Waals surface area contributed by atoms with Crippen molar-refractivity contribution >= 4 is 11.8 Å². The molecule has 0 bridgehead atoms. The number of ether oxygens (including phenoxy) is 1. The van der Waals surface area contributed by atoms with E-state index in [2.05, 4.69) is 5.32 Å². The average molecular weight is 366 g/mol. The van der Waals surface area contributed by atoms with E-state index in [4.69, 9.17) is 4.74 Å². The highest BCUT2D eigenvalue weighted by molar-refractivity contribution is 5.96. The first-order valence-electron chi connectivity index (χ1n) is 7.61. The normalized spacial score (nSPS) is 10.3. The summed E-state index contributed by atoms with van der Waals surface area (Å²) in [6, 6.07) is 6.83. The van der Waals surface area contributed by atoms with Crippen LogP contribution in [0.1, 0.15) is 15.9 Å². The van der Waals surface area contributed by atoms with Crippen LogP contribution >= 0.6 is 0 Å². The number of likely N-dealkylation sites (N-methyl/N-ethyl adjacent to an activating group) is 1. The van der Waals surface area contributed by atoms with Crippen molar-refractivity contribution in [1.82, 2.24) is 10.2 Å². The van der Waals surface area contributed by atoms with E-state index in [1.165, 1.54) is 31.2 Å². The van der Waals surface area contributed by atoms with Crippen molar-refractivity contribution < 1.29 is 27.5 Å². The first kappa shape index (κ1) is 19.3. The maximum atomic E-state index is 13.7. The Labute approximate surface area is 148 Å². The number of hydrogen-bond donors (Lipinski definition) is 1. The number of carbonyl (C=O) groups excluding carboxylic acids is 2. The summed E-state index contributed by atoms with van der Waals surface area (Å²) in [4.78, 5) is 25.2. The van der Waals surface area contributed by atoms with Gasteiger partial charge in [-0.2, -0.15) is 0 Å². The largest absolute Gasteiger partial charge is 0.494 e. The van der Waals surface area contributed by atoms with Crippen LogP contribution in [0.5, 0.6) is 5.75 Å². The van der Waals surface area contributed by atoms with Crippen LogP contribution in [0.4, 0.5) is 13.2 Å². The molecule has 2 aromatic rings. The molecule has 0 saturated heterocycles. The topological polar surface area (TPSA) is 58.6 Å². The Morgan fingerprint density at radius 1 is 1.08 bits per heavy atom. The number of benzene rings is 2. The van der Waals surface area contributed by atoms with Crippen molar-refractivity contribution in [1.29, 1.82) is 0 Å². The second-order valence-electron chi connectivity index (χ2n) is 5.53. The summed E-state index contributed by atoms with van der Waals surface area (Å²) >= 11 is 0. The zero-order valence-corrected chi connectivity index (χ0v) is 14.2. The predicted octanol–water partition coefficient (Wildman–Crippen LogP) is 2.50. The molecule has 0 spiro atoms. The molecule has 0 fully saturated rings. The number of hydrogen-bond acceptors (Lipinski definition) is 3. The fourth-order valence-corrected chi connectivity index (χ4v) is 2.23. The van der Waals surface area contributed by atoms with Crippen LogP contribution in [0.3, 0.4) is 0 Å². The molecule has 2 amide bonds. The van der Waals surface area contributed by atoms with Crippen LogP contribution in [0.15, 0.2) is 36.4 Å². The van der Waals surface area contributed by atoms with E-state index in [1.54, 1.807) is 6.07 Å². The Hall–Kier alpha value is -3.03. The van der Waals surface area contributed by atoms with Crippen molar-refractivity contribution in [3.8, 4) is 5.75 Å². The summed E-state index contributed by atoms with van der Waals surface area (Å²) in [6.07, 6.45) is 0. The molecule has 138 valence electrons. The second kappa shape index (κ2) is 8.37. The molecule has 0 heterocycles. The van der Waals surface area contributed by atoms with Gasteiger partial charge in [-0.05, 0) is 29.8 Å². The highest BCUT2D eigenvalue weighted by Gasteiger charge is 2.16. The summed E-state index contributed by atoms with van der Waals surface area (Å²) in [7, 11) is 2.83. The fraction of sp³-hybridized carbons (Fsp3) is 0.222. The summed E-state index contributed by atoms with van der Waals surface area (Å²) in [6.45, 7) is -0.273.